The van der Waals surface area contributed by atoms with Crippen molar-refractivity contribution in [3.05, 3.63) is 59.9 Å². The molecule has 0 radical (unpaired) electrons. The van der Waals surface area contributed by atoms with E-state index in [0.29, 0.717) is 0 Å². The summed E-state index contributed by atoms with van der Waals surface area (Å²) in [4.78, 5) is 4.28. The molecule has 1 aliphatic rings. The van der Waals surface area contributed by atoms with Gasteiger partial charge in [-0.15, -0.1) is 6.58 Å². The Morgan fingerprint density at radius 1 is 1.31 bits per heavy atom. The monoisotopic (exact) mass is 234 g/mol. The summed E-state index contributed by atoms with van der Waals surface area (Å²) in [5.74, 6) is 0. The first kappa shape index (κ1) is 11.1. The molecule has 0 amide bonds. The number of nitrogens with zero attached hydrogens (tertiary/aromatic N) is 2. The second-order valence-electron chi connectivity index (χ2n) is 3.84. The van der Waals surface area contributed by atoms with Gasteiger partial charge < -0.3 is 9.80 Å². The minimum atomic E-state index is 0.797. The molecule has 0 spiro atoms. The Labute approximate surface area is 101 Å². The summed E-state index contributed by atoms with van der Waals surface area (Å²) >= 11 is 6.17. The summed E-state index contributed by atoms with van der Waals surface area (Å²) in [5, 5.41) is 0.797. The number of benzene rings is 1. The van der Waals surface area contributed by atoms with Crippen molar-refractivity contribution in [1.82, 2.24) is 9.80 Å². The molecule has 0 atom stereocenters. The van der Waals surface area contributed by atoms with Crippen molar-refractivity contribution in [3.8, 4) is 0 Å². The van der Waals surface area contributed by atoms with Crippen LogP contribution in [0.5, 0.6) is 0 Å². The zero-order valence-electron chi connectivity index (χ0n) is 9.14. The van der Waals surface area contributed by atoms with Gasteiger partial charge in [0, 0.05) is 19.3 Å². The third-order valence-corrected chi connectivity index (χ3v) is 2.86. The highest BCUT2D eigenvalue weighted by atomic mass is 35.5. The molecule has 0 fully saturated rings. The van der Waals surface area contributed by atoms with Crippen molar-refractivity contribution in [3.63, 3.8) is 0 Å². The molecule has 0 bridgehead atoms. The first-order valence-corrected chi connectivity index (χ1v) is 5.68. The van der Waals surface area contributed by atoms with Crippen LogP contribution in [0.1, 0.15) is 5.56 Å². The van der Waals surface area contributed by atoms with Crippen molar-refractivity contribution < 1.29 is 0 Å². The molecule has 3 heteroatoms. The van der Waals surface area contributed by atoms with Gasteiger partial charge in [0.15, 0.2) is 0 Å². The molecule has 0 aliphatic carbocycles. The number of rotatable bonds is 4. The summed E-state index contributed by atoms with van der Waals surface area (Å²) < 4.78 is 0. The smallest absolute Gasteiger partial charge is 0.122 e. The van der Waals surface area contributed by atoms with Gasteiger partial charge in [-0.25, -0.2) is 0 Å². The molecule has 0 unspecified atom stereocenters. The lowest BCUT2D eigenvalue weighted by Gasteiger charge is -2.21. The summed E-state index contributed by atoms with van der Waals surface area (Å²) in [6.07, 6.45) is 3.85. The van der Waals surface area contributed by atoms with Crippen molar-refractivity contribution in [2.24, 2.45) is 0 Å². The second-order valence-corrected chi connectivity index (χ2v) is 4.22. The van der Waals surface area contributed by atoms with Gasteiger partial charge in [0.05, 0.1) is 6.67 Å². The predicted molar refractivity (Wildman–Crippen MR) is 67.7 cm³/mol. The van der Waals surface area contributed by atoms with Crippen LogP contribution < -0.4 is 0 Å². The molecular formula is C13H15ClN2. The van der Waals surface area contributed by atoms with E-state index in [0.717, 1.165) is 24.9 Å². The van der Waals surface area contributed by atoms with Crippen molar-refractivity contribution in [2.45, 2.75) is 6.54 Å². The van der Waals surface area contributed by atoms with Gasteiger partial charge in [0.25, 0.3) is 0 Å². The summed E-state index contributed by atoms with van der Waals surface area (Å²) in [5.41, 5.74) is 1.27. The fraction of sp³-hybridized carbons (Fsp3) is 0.231. The normalized spacial score (nSPS) is 15.2. The molecule has 16 heavy (non-hydrogen) atoms. The van der Waals surface area contributed by atoms with Crippen LogP contribution in [0, 0.1) is 0 Å². The Kier molecular flexibility index (Phi) is 3.52. The van der Waals surface area contributed by atoms with Crippen LogP contribution in [0.3, 0.4) is 0 Å². The zero-order valence-corrected chi connectivity index (χ0v) is 9.90. The molecule has 84 valence electrons. The van der Waals surface area contributed by atoms with Gasteiger partial charge in [-0.05, 0) is 5.56 Å². The van der Waals surface area contributed by atoms with E-state index in [1.807, 2.05) is 30.5 Å². The van der Waals surface area contributed by atoms with E-state index in [-0.39, 0.29) is 0 Å². The lowest BCUT2D eigenvalue weighted by atomic mass is 10.2. The molecule has 1 heterocycles. The van der Waals surface area contributed by atoms with Crippen LogP contribution in [-0.2, 0) is 6.54 Å². The quantitative estimate of drug-likeness (QED) is 0.584. The summed E-state index contributed by atoms with van der Waals surface area (Å²) in [6, 6.07) is 10.3. The van der Waals surface area contributed by atoms with Crippen LogP contribution in [0.2, 0.25) is 0 Å². The van der Waals surface area contributed by atoms with E-state index < -0.39 is 0 Å². The second kappa shape index (κ2) is 5.08. The highest BCUT2D eigenvalue weighted by Crippen LogP contribution is 2.21. The first-order valence-electron chi connectivity index (χ1n) is 5.31. The maximum Gasteiger partial charge on any atom is 0.122 e. The van der Waals surface area contributed by atoms with Gasteiger partial charge in [-0.2, -0.15) is 0 Å². The molecule has 0 saturated carbocycles. The molecule has 2 rings (SSSR count). The number of hydrogen-bond donors (Lipinski definition) is 0. The zero-order chi connectivity index (χ0) is 11.4. The minimum Gasteiger partial charge on any atom is -0.354 e. The van der Waals surface area contributed by atoms with Crippen LogP contribution in [-0.4, -0.2) is 23.0 Å². The fourth-order valence-corrected chi connectivity index (χ4v) is 2.02. The van der Waals surface area contributed by atoms with E-state index in [4.69, 9.17) is 11.6 Å². The third-order valence-electron chi connectivity index (χ3n) is 2.52. The van der Waals surface area contributed by atoms with E-state index in [1.165, 1.54) is 5.56 Å². The average molecular weight is 235 g/mol. The summed E-state index contributed by atoms with van der Waals surface area (Å²) in [6.45, 7) is 6.24. The van der Waals surface area contributed by atoms with E-state index in [9.17, 15) is 0 Å². The number of hydrogen-bond acceptors (Lipinski definition) is 2. The first-order chi connectivity index (χ1) is 7.79. The lowest BCUT2D eigenvalue weighted by molar-refractivity contribution is 0.271. The van der Waals surface area contributed by atoms with E-state index in [2.05, 4.69) is 28.5 Å². The highest BCUT2D eigenvalue weighted by Gasteiger charge is 2.18. The van der Waals surface area contributed by atoms with E-state index >= 15 is 0 Å². The SMILES string of the molecule is C=CCN1C=C(Cl)N(Cc2ccccc2)C1. The standard InChI is InChI=1S/C13H15ClN2/c1-2-8-15-10-13(14)16(11-15)9-12-6-4-3-5-7-12/h2-7,10H,1,8-9,11H2. The maximum absolute atomic E-state index is 6.17. The summed E-state index contributed by atoms with van der Waals surface area (Å²) in [7, 11) is 0. The largest absolute Gasteiger partial charge is 0.354 e. The fourth-order valence-electron chi connectivity index (χ4n) is 1.77. The molecular weight excluding hydrogens is 220 g/mol. The molecule has 1 aromatic carbocycles. The van der Waals surface area contributed by atoms with E-state index in [1.54, 1.807) is 0 Å². The Balaban J connectivity index is 1.98. The predicted octanol–water partition coefficient (Wildman–Crippen LogP) is 2.99. The Bertz CT molecular complexity index is 386. The van der Waals surface area contributed by atoms with Gasteiger partial charge >= 0.3 is 0 Å². The average Bonchev–Trinajstić information content (AvgIpc) is 2.61. The van der Waals surface area contributed by atoms with Crippen LogP contribution in [0.25, 0.3) is 0 Å². The topological polar surface area (TPSA) is 6.48 Å². The number of halogens is 1. The van der Waals surface area contributed by atoms with Crippen molar-refractivity contribution >= 4 is 11.6 Å². The van der Waals surface area contributed by atoms with Crippen molar-refractivity contribution in [2.75, 3.05) is 13.2 Å². The molecule has 0 saturated heterocycles. The molecule has 2 nitrogen and oxygen atoms in total. The van der Waals surface area contributed by atoms with Gasteiger partial charge in [-0.3, -0.25) is 0 Å². The van der Waals surface area contributed by atoms with Crippen LogP contribution >= 0.6 is 11.6 Å². The highest BCUT2D eigenvalue weighted by molar-refractivity contribution is 6.29. The van der Waals surface area contributed by atoms with Gasteiger partial charge in [0.2, 0.25) is 0 Å². The molecule has 0 N–H and O–H groups in total. The maximum atomic E-state index is 6.17. The lowest BCUT2D eigenvalue weighted by Crippen LogP contribution is -2.25. The van der Waals surface area contributed by atoms with Gasteiger partial charge in [0.1, 0.15) is 5.16 Å². The Morgan fingerprint density at radius 2 is 2.06 bits per heavy atom. The Hall–Kier alpha value is -1.41. The molecule has 0 aromatic heterocycles. The minimum absolute atomic E-state index is 0.797. The van der Waals surface area contributed by atoms with Crippen molar-refractivity contribution in [1.29, 1.82) is 0 Å². The van der Waals surface area contributed by atoms with Crippen LogP contribution in [0.15, 0.2) is 54.3 Å². The molecule has 1 aliphatic heterocycles. The molecule has 1 aromatic rings. The van der Waals surface area contributed by atoms with Crippen LogP contribution in [0.4, 0.5) is 0 Å². The Morgan fingerprint density at radius 3 is 2.75 bits per heavy atom. The van der Waals surface area contributed by atoms with Gasteiger partial charge in [-0.1, -0.05) is 48.0 Å². The third kappa shape index (κ3) is 2.58.